The topological polar surface area (TPSA) is 108 Å². The molecule has 1 aliphatic heterocycles. The summed E-state index contributed by atoms with van der Waals surface area (Å²) in [5, 5.41) is 16.6. The highest BCUT2D eigenvalue weighted by atomic mass is 16.4. The van der Waals surface area contributed by atoms with Crippen molar-refractivity contribution in [3.05, 3.63) is 0 Å². The molecule has 1 rings (SSSR count). The highest BCUT2D eigenvalue weighted by molar-refractivity contribution is 5.84. The molecule has 1 unspecified atom stereocenters. The molecule has 1 aliphatic rings. The average Bonchev–Trinajstić information content (AvgIpc) is 2.58. The van der Waals surface area contributed by atoms with E-state index in [0.29, 0.717) is 6.54 Å². The van der Waals surface area contributed by atoms with Gasteiger partial charge in [0.15, 0.2) is 0 Å². The van der Waals surface area contributed by atoms with E-state index >= 15 is 0 Å². The van der Waals surface area contributed by atoms with Crippen LogP contribution < -0.4 is 16.0 Å². The zero-order valence-electron chi connectivity index (χ0n) is 10.7. The molecule has 4 N–H and O–H groups in total. The van der Waals surface area contributed by atoms with Crippen LogP contribution in [0.5, 0.6) is 0 Å². The lowest BCUT2D eigenvalue weighted by atomic mass is 9.87. The van der Waals surface area contributed by atoms with Crippen LogP contribution in [0.15, 0.2) is 0 Å². The van der Waals surface area contributed by atoms with Gasteiger partial charge < -0.3 is 21.1 Å². The SMILES string of the molecule is CC(C)(C)[C@@H](NC(=O)NC1CNC(=O)C1)C(=O)O. The van der Waals surface area contributed by atoms with Gasteiger partial charge in [0.05, 0.1) is 6.04 Å². The van der Waals surface area contributed by atoms with Gasteiger partial charge >= 0.3 is 12.0 Å². The van der Waals surface area contributed by atoms with E-state index in [9.17, 15) is 14.4 Å². The highest BCUT2D eigenvalue weighted by Gasteiger charge is 2.33. The molecule has 2 atom stereocenters. The predicted octanol–water partition coefficient (Wildman–Crippen LogP) is -0.327. The molecule has 0 spiro atoms. The molecule has 0 aromatic carbocycles. The van der Waals surface area contributed by atoms with Gasteiger partial charge in [-0.1, -0.05) is 20.8 Å². The molecule has 0 aromatic rings. The molecule has 18 heavy (non-hydrogen) atoms. The van der Waals surface area contributed by atoms with Crippen molar-refractivity contribution in [2.45, 2.75) is 39.3 Å². The van der Waals surface area contributed by atoms with Crippen molar-refractivity contribution in [2.75, 3.05) is 6.54 Å². The van der Waals surface area contributed by atoms with Crippen LogP contribution >= 0.6 is 0 Å². The first-order valence-electron chi connectivity index (χ1n) is 5.76. The lowest BCUT2D eigenvalue weighted by Crippen LogP contribution is -2.54. The van der Waals surface area contributed by atoms with Crippen LogP contribution in [0.3, 0.4) is 0 Å². The maximum atomic E-state index is 11.6. The summed E-state index contributed by atoms with van der Waals surface area (Å²) < 4.78 is 0. The van der Waals surface area contributed by atoms with Crippen LogP contribution in [0.4, 0.5) is 4.79 Å². The second-order valence-electron chi connectivity index (χ2n) is 5.46. The normalized spacial score (nSPS) is 21.1. The monoisotopic (exact) mass is 257 g/mol. The van der Waals surface area contributed by atoms with Crippen LogP contribution in [0, 0.1) is 5.41 Å². The number of carbonyl (C=O) groups excluding carboxylic acids is 2. The number of carbonyl (C=O) groups is 3. The molecule has 7 nitrogen and oxygen atoms in total. The Morgan fingerprint density at radius 3 is 2.44 bits per heavy atom. The molecule has 0 aromatic heterocycles. The number of hydrogen-bond acceptors (Lipinski definition) is 3. The van der Waals surface area contributed by atoms with Crippen molar-refractivity contribution in [3.63, 3.8) is 0 Å². The van der Waals surface area contributed by atoms with Gasteiger partial charge in [0.25, 0.3) is 0 Å². The molecule has 0 bridgehead atoms. The predicted molar refractivity (Wildman–Crippen MR) is 64.0 cm³/mol. The van der Waals surface area contributed by atoms with Crippen molar-refractivity contribution in [2.24, 2.45) is 5.41 Å². The summed E-state index contributed by atoms with van der Waals surface area (Å²) in [4.78, 5) is 33.7. The lowest BCUT2D eigenvalue weighted by molar-refractivity contribution is -0.141. The van der Waals surface area contributed by atoms with E-state index in [1.165, 1.54) is 0 Å². The fraction of sp³-hybridized carbons (Fsp3) is 0.727. The molecule has 102 valence electrons. The van der Waals surface area contributed by atoms with Crippen molar-refractivity contribution >= 4 is 17.9 Å². The standard InChI is InChI=1S/C11H19N3O4/c1-11(2,3)8(9(16)17)14-10(18)13-6-4-7(15)12-5-6/h6,8H,4-5H2,1-3H3,(H,12,15)(H,16,17)(H2,13,14,18)/t6?,8-/m0/s1. The van der Waals surface area contributed by atoms with Gasteiger partial charge in [-0.05, 0) is 5.41 Å². The van der Waals surface area contributed by atoms with Gasteiger partial charge in [0, 0.05) is 13.0 Å². The summed E-state index contributed by atoms with van der Waals surface area (Å²) in [7, 11) is 0. The number of amides is 3. The van der Waals surface area contributed by atoms with Gasteiger partial charge in [-0.3, -0.25) is 4.79 Å². The maximum Gasteiger partial charge on any atom is 0.326 e. The van der Waals surface area contributed by atoms with E-state index in [1.54, 1.807) is 20.8 Å². The highest BCUT2D eigenvalue weighted by Crippen LogP contribution is 2.19. The first-order valence-corrected chi connectivity index (χ1v) is 5.76. The quantitative estimate of drug-likeness (QED) is 0.555. The number of rotatable bonds is 3. The molecule has 3 amide bonds. The van der Waals surface area contributed by atoms with Crippen LogP contribution in [-0.2, 0) is 9.59 Å². The van der Waals surface area contributed by atoms with Crippen molar-refractivity contribution < 1.29 is 19.5 Å². The minimum absolute atomic E-state index is 0.120. The minimum Gasteiger partial charge on any atom is -0.480 e. The number of carboxylic acids is 1. The Morgan fingerprint density at radius 1 is 1.44 bits per heavy atom. The molecule has 0 radical (unpaired) electrons. The van der Waals surface area contributed by atoms with Crippen molar-refractivity contribution in [1.29, 1.82) is 0 Å². The Hall–Kier alpha value is -1.79. The van der Waals surface area contributed by atoms with Crippen LogP contribution in [0.2, 0.25) is 0 Å². The second kappa shape index (κ2) is 5.24. The molecule has 1 heterocycles. The summed E-state index contributed by atoms with van der Waals surface area (Å²) in [6.07, 6.45) is 0.223. The molecule has 0 aliphatic carbocycles. The Morgan fingerprint density at radius 2 is 2.06 bits per heavy atom. The minimum atomic E-state index is -1.08. The first kappa shape index (κ1) is 14.3. The number of urea groups is 1. The zero-order valence-corrected chi connectivity index (χ0v) is 10.7. The molecular weight excluding hydrogens is 238 g/mol. The van der Waals surface area contributed by atoms with Crippen LogP contribution in [0.1, 0.15) is 27.2 Å². The van der Waals surface area contributed by atoms with Gasteiger partial charge in [-0.2, -0.15) is 0 Å². The van der Waals surface area contributed by atoms with E-state index < -0.39 is 23.5 Å². The Bertz CT molecular complexity index is 362. The number of aliphatic carboxylic acids is 1. The number of nitrogens with one attached hydrogen (secondary N) is 3. The van der Waals surface area contributed by atoms with Crippen LogP contribution in [-0.4, -0.2) is 41.6 Å². The molecular formula is C11H19N3O4. The number of hydrogen-bond donors (Lipinski definition) is 4. The van der Waals surface area contributed by atoms with Gasteiger partial charge in [-0.15, -0.1) is 0 Å². The summed E-state index contributed by atoms with van der Waals surface area (Å²) >= 11 is 0. The first-order chi connectivity index (χ1) is 8.20. The van der Waals surface area contributed by atoms with Crippen molar-refractivity contribution in [1.82, 2.24) is 16.0 Å². The largest absolute Gasteiger partial charge is 0.480 e. The number of carboxylic acid groups (broad SMARTS) is 1. The lowest BCUT2D eigenvalue weighted by Gasteiger charge is -2.28. The molecule has 1 saturated heterocycles. The smallest absolute Gasteiger partial charge is 0.326 e. The van der Waals surface area contributed by atoms with E-state index in [2.05, 4.69) is 16.0 Å². The zero-order chi connectivity index (χ0) is 13.9. The third-order valence-corrected chi connectivity index (χ3v) is 2.70. The van der Waals surface area contributed by atoms with Crippen LogP contribution in [0.25, 0.3) is 0 Å². The maximum absolute atomic E-state index is 11.6. The molecule has 7 heteroatoms. The summed E-state index contributed by atoms with van der Waals surface area (Å²) in [6, 6.07) is -1.84. The van der Waals surface area contributed by atoms with Gasteiger partial charge in [0.1, 0.15) is 6.04 Å². The van der Waals surface area contributed by atoms with Gasteiger partial charge in [-0.25, -0.2) is 9.59 Å². The Kier molecular flexibility index (Phi) is 4.15. The molecule has 1 fully saturated rings. The van der Waals surface area contributed by atoms with E-state index in [-0.39, 0.29) is 18.4 Å². The fourth-order valence-corrected chi connectivity index (χ4v) is 1.71. The van der Waals surface area contributed by atoms with Crippen molar-refractivity contribution in [3.8, 4) is 0 Å². The summed E-state index contributed by atoms with van der Waals surface area (Å²) in [5.41, 5.74) is -0.590. The average molecular weight is 257 g/mol. The van der Waals surface area contributed by atoms with E-state index in [0.717, 1.165) is 0 Å². The van der Waals surface area contributed by atoms with E-state index in [1.807, 2.05) is 0 Å². The Balaban J connectivity index is 2.52. The van der Waals surface area contributed by atoms with Gasteiger partial charge in [0.2, 0.25) is 5.91 Å². The fourth-order valence-electron chi connectivity index (χ4n) is 1.71. The van der Waals surface area contributed by atoms with E-state index in [4.69, 9.17) is 5.11 Å². The summed E-state index contributed by atoms with van der Waals surface area (Å²) in [6.45, 7) is 5.56. The second-order valence-corrected chi connectivity index (χ2v) is 5.46. The molecule has 0 saturated carbocycles. The third-order valence-electron chi connectivity index (χ3n) is 2.70. The third kappa shape index (κ3) is 3.90. The summed E-state index contributed by atoms with van der Waals surface area (Å²) in [5.74, 6) is -1.20. The Labute approximate surface area is 105 Å².